The van der Waals surface area contributed by atoms with Crippen molar-refractivity contribution in [2.24, 2.45) is 0 Å². The van der Waals surface area contributed by atoms with Crippen LogP contribution in [0.2, 0.25) is 10.2 Å². The van der Waals surface area contributed by atoms with Crippen LogP contribution in [-0.2, 0) is 0 Å². The molecule has 1 N–H and O–H groups in total. The smallest absolute Gasteiger partial charge is 0.146 e. The van der Waals surface area contributed by atoms with E-state index in [2.05, 4.69) is 15.3 Å². The third-order valence-electron chi connectivity index (χ3n) is 2.80. The maximum atomic E-state index is 13.7. The molecule has 0 unspecified atom stereocenters. The molecule has 0 saturated heterocycles. The molecule has 2 rings (SSSR count). The van der Waals surface area contributed by atoms with Gasteiger partial charge in [-0.3, -0.25) is 0 Å². The molecular weight excluding hydrogens is 300 g/mol. The number of nitrogens with zero attached hydrogens (tertiary/aromatic N) is 2. The van der Waals surface area contributed by atoms with Crippen LogP contribution in [0.3, 0.4) is 0 Å². The molecule has 2 aromatic rings. The summed E-state index contributed by atoms with van der Waals surface area (Å²) in [6.45, 7) is 5.70. The van der Waals surface area contributed by atoms with Crippen molar-refractivity contribution < 1.29 is 4.39 Å². The fourth-order valence-electron chi connectivity index (χ4n) is 1.61. The average Bonchev–Trinajstić information content (AvgIpc) is 2.38. The molecule has 1 heterocycles. The number of halogens is 3. The maximum Gasteiger partial charge on any atom is 0.146 e. The van der Waals surface area contributed by atoms with Crippen molar-refractivity contribution in [1.29, 1.82) is 0 Å². The minimum Gasteiger partial charge on any atom is -0.337 e. The minimum absolute atomic E-state index is 0.123. The number of rotatable bonds is 3. The number of hydrogen-bond donors (Lipinski definition) is 1. The minimum atomic E-state index is -0.408. The SMILES string of the molecule is Cc1c(Cl)nc(C(C)C)nc1Nc1cc(Cl)ccc1F. The molecule has 0 radical (unpaired) electrons. The third-order valence-corrected chi connectivity index (χ3v) is 3.40. The van der Waals surface area contributed by atoms with Gasteiger partial charge in [0, 0.05) is 16.5 Å². The summed E-state index contributed by atoms with van der Waals surface area (Å²) in [5.74, 6) is 0.799. The van der Waals surface area contributed by atoms with Crippen LogP contribution in [0.25, 0.3) is 0 Å². The summed E-state index contributed by atoms with van der Waals surface area (Å²) in [5.41, 5.74) is 0.917. The van der Waals surface area contributed by atoms with E-state index >= 15 is 0 Å². The van der Waals surface area contributed by atoms with Crippen molar-refractivity contribution in [2.45, 2.75) is 26.7 Å². The summed E-state index contributed by atoms with van der Waals surface area (Å²) in [5, 5.41) is 3.72. The Kier molecular flexibility index (Phi) is 4.45. The molecule has 6 heteroatoms. The summed E-state index contributed by atoms with van der Waals surface area (Å²) in [7, 11) is 0. The maximum absolute atomic E-state index is 13.7. The summed E-state index contributed by atoms with van der Waals surface area (Å²) in [6, 6.07) is 4.29. The summed E-state index contributed by atoms with van der Waals surface area (Å²) in [4.78, 5) is 8.59. The van der Waals surface area contributed by atoms with Crippen LogP contribution in [-0.4, -0.2) is 9.97 Å². The zero-order valence-electron chi connectivity index (χ0n) is 11.3. The van der Waals surface area contributed by atoms with E-state index in [9.17, 15) is 4.39 Å². The molecular formula is C14H14Cl2FN3. The molecule has 106 valence electrons. The monoisotopic (exact) mass is 313 g/mol. The van der Waals surface area contributed by atoms with Gasteiger partial charge < -0.3 is 5.32 Å². The third kappa shape index (κ3) is 3.19. The first kappa shape index (κ1) is 15.0. The van der Waals surface area contributed by atoms with Gasteiger partial charge in [-0.2, -0.15) is 0 Å². The topological polar surface area (TPSA) is 37.8 Å². The van der Waals surface area contributed by atoms with Crippen molar-refractivity contribution in [2.75, 3.05) is 5.32 Å². The van der Waals surface area contributed by atoms with E-state index < -0.39 is 5.82 Å². The van der Waals surface area contributed by atoms with Gasteiger partial charge in [0.2, 0.25) is 0 Å². The molecule has 0 saturated carbocycles. The molecule has 0 fully saturated rings. The van der Waals surface area contributed by atoms with Crippen molar-refractivity contribution in [1.82, 2.24) is 9.97 Å². The second-order valence-electron chi connectivity index (χ2n) is 4.75. The van der Waals surface area contributed by atoms with E-state index in [1.807, 2.05) is 13.8 Å². The highest BCUT2D eigenvalue weighted by Gasteiger charge is 2.13. The summed E-state index contributed by atoms with van der Waals surface area (Å²) >= 11 is 12.0. The Morgan fingerprint density at radius 2 is 1.90 bits per heavy atom. The van der Waals surface area contributed by atoms with Crippen LogP contribution < -0.4 is 5.32 Å². The highest BCUT2D eigenvalue weighted by Crippen LogP contribution is 2.28. The van der Waals surface area contributed by atoms with Crippen LogP contribution >= 0.6 is 23.2 Å². The van der Waals surface area contributed by atoms with Gasteiger partial charge in [0.05, 0.1) is 5.69 Å². The van der Waals surface area contributed by atoms with Crippen LogP contribution in [0.4, 0.5) is 15.9 Å². The molecule has 0 atom stereocenters. The fourth-order valence-corrected chi connectivity index (χ4v) is 1.95. The Hall–Kier alpha value is -1.39. The van der Waals surface area contributed by atoms with Crippen molar-refractivity contribution >= 4 is 34.7 Å². The largest absolute Gasteiger partial charge is 0.337 e. The number of aromatic nitrogens is 2. The van der Waals surface area contributed by atoms with Crippen molar-refractivity contribution in [3.8, 4) is 0 Å². The fraction of sp³-hybridized carbons (Fsp3) is 0.286. The predicted octanol–water partition coefficient (Wildman–Crippen LogP) is 5.10. The molecule has 0 aliphatic rings. The van der Waals surface area contributed by atoms with Gasteiger partial charge in [-0.15, -0.1) is 0 Å². The molecule has 1 aromatic heterocycles. The molecule has 0 amide bonds. The lowest BCUT2D eigenvalue weighted by Gasteiger charge is -2.13. The van der Waals surface area contributed by atoms with Gasteiger partial charge >= 0.3 is 0 Å². The second-order valence-corrected chi connectivity index (χ2v) is 5.54. The first-order valence-electron chi connectivity index (χ1n) is 6.14. The molecule has 1 aromatic carbocycles. The molecule has 0 aliphatic heterocycles. The molecule has 0 spiro atoms. The lowest BCUT2D eigenvalue weighted by molar-refractivity contribution is 0.631. The Morgan fingerprint density at radius 1 is 1.20 bits per heavy atom. The zero-order valence-corrected chi connectivity index (χ0v) is 12.8. The van der Waals surface area contributed by atoms with Crippen molar-refractivity contribution in [3.63, 3.8) is 0 Å². The van der Waals surface area contributed by atoms with Crippen LogP contribution in [0.5, 0.6) is 0 Å². The van der Waals surface area contributed by atoms with Gasteiger partial charge in [-0.05, 0) is 25.1 Å². The quantitative estimate of drug-likeness (QED) is 0.801. The van der Waals surface area contributed by atoms with E-state index in [1.54, 1.807) is 6.92 Å². The normalized spacial score (nSPS) is 10.9. The predicted molar refractivity (Wildman–Crippen MR) is 80.6 cm³/mol. The van der Waals surface area contributed by atoms with Crippen LogP contribution in [0.15, 0.2) is 18.2 Å². The summed E-state index contributed by atoms with van der Waals surface area (Å²) in [6.07, 6.45) is 0. The number of anilines is 2. The van der Waals surface area contributed by atoms with Gasteiger partial charge in [-0.1, -0.05) is 37.0 Å². The van der Waals surface area contributed by atoms with E-state index in [0.29, 0.717) is 27.4 Å². The standard InChI is InChI=1S/C14H14Cl2FN3/c1-7(2)13-19-12(16)8(3)14(20-13)18-11-6-9(15)4-5-10(11)17/h4-7H,1-3H3,(H,18,19,20). The van der Waals surface area contributed by atoms with E-state index in [-0.39, 0.29) is 11.6 Å². The summed E-state index contributed by atoms with van der Waals surface area (Å²) < 4.78 is 13.7. The number of hydrogen-bond acceptors (Lipinski definition) is 3. The number of nitrogens with one attached hydrogen (secondary N) is 1. The highest BCUT2D eigenvalue weighted by atomic mass is 35.5. The molecule has 3 nitrogen and oxygen atoms in total. The first-order chi connectivity index (χ1) is 9.38. The van der Waals surface area contributed by atoms with E-state index in [1.165, 1.54) is 18.2 Å². The molecule has 0 aliphatic carbocycles. The average molecular weight is 314 g/mol. The van der Waals surface area contributed by atoms with Gasteiger partial charge in [-0.25, -0.2) is 14.4 Å². The second kappa shape index (κ2) is 5.94. The first-order valence-corrected chi connectivity index (χ1v) is 6.90. The zero-order chi connectivity index (χ0) is 14.9. The van der Waals surface area contributed by atoms with Crippen molar-refractivity contribution in [3.05, 3.63) is 45.6 Å². The van der Waals surface area contributed by atoms with Crippen LogP contribution in [0.1, 0.15) is 31.2 Å². The Labute approximate surface area is 127 Å². The van der Waals surface area contributed by atoms with Gasteiger partial charge in [0.15, 0.2) is 0 Å². The molecule has 0 bridgehead atoms. The van der Waals surface area contributed by atoms with Crippen LogP contribution in [0, 0.1) is 12.7 Å². The Bertz CT molecular complexity index is 645. The lowest BCUT2D eigenvalue weighted by atomic mass is 10.2. The van der Waals surface area contributed by atoms with E-state index in [4.69, 9.17) is 23.2 Å². The van der Waals surface area contributed by atoms with Gasteiger partial charge in [0.1, 0.15) is 22.6 Å². The Morgan fingerprint density at radius 3 is 2.55 bits per heavy atom. The lowest BCUT2D eigenvalue weighted by Crippen LogP contribution is -2.05. The van der Waals surface area contributed by atoms with Gasteiger partial charge in [0.25, 0.3) is 0 Å². The van der Waals surface area contributed by atoms with E-state index in [0.717, 1.165) is 0 Å². The number of benzene rings is 1. The highest BCUT2D eigenvalue weighted by molar-refractivity contribution is 6.31. The molecule has 20 heavy (non-hydrogen) atoms. The Balaban J connectivity index is 2.45.